The van der Waals surface area contributed by atoms with Crippen molar-refractivity contribution in [2.45, 2.75) is 58.1 Å². The van der Waals surface area contributed by atoms with E-state index >= 15 is 0 Å². The van der Waals surface area contributed by atoms with Crippen LogP contribution >= 0.6 is 0 Å². The molecule has 2 rings (SSSR count). The maximum absolute atomic E-state index is 11.7. The molecule has 1 unspecified atom stereocenters. The van der Waals surface area contributed by atoms with E-state index in [0.29, 0.717) is 0 Å². The highest BCUT2D eigenvalue weighted by Crippen LogP contribution is 2.32. The third-order valence-corrected chi connectivity index (χ3v) is 2.94. The van der Waals surface area contributed by atoms with Gasteiger partial charge in [-0.2, -0.15) is 0 Å². The highest BCUT2D eigenvalue weighted by atomic mass is 16.6. The minimum Gasteiger partial charge on any atom is -0.444 e. The van der Waals surface area contributed by atoms with Gasteiger partial charge >= 0.3 is 6.09 Å². The van der Waals surface area contributed by atoms with Crippen molar-refractivity contribution in [1.82, 2.24) is 5.32 Å². The predicted octanol–water partition coefficient (Wildman–Crippen LogP) is 2.79. The first-order valence-electron chi connectivity index (χ1n) is 6.20. The lowest BCUT2D eigenvalue weighted by molar-refractivity contribution is 0.0511. The highest BCUT2D eigenvalue weighted by molar-refractivity contribution is 5.69. The molecule has 1 atom stereocenters. The van der Waals surface area contributed by atoms with Crippen molar-refractivity contribution >= 4 is 12.3 Å². The standard InChI is InChI=1S/C13H20N2O2/c1-13(2,3)17-12(16)15-11-7-6-10-9(11)5-4-8-14-10/h8,11H,4-7H2,1-3H3,(H,15,16). The number of nitrogens with zero attached hydrogens (tertiary/aromatic N) is 1. The molecule has 0 bridgehead atoms. The SMILES string of the molecule is CC(C)(C)OC(=O)NC1CCC2=C1CCC=N2. The molecule has 4 heteroatoms. The molecule has 0 aromatic rings. The van der Waals surface area contributed by atoms with Gasteiger partial charge in [-0.05, 0) is 52.0 Å². The van der Waals surface area contributed by atoms with Gasteiger partial charge in [0.2, 0.25) is 0 Å². The molecule has 94 valence electrons. The average Bonchev–Trinajstić information content (AvgIpc) is 2.59. The summed E-state index contributed by atoms with van der Waals surface area (Å²) in [5.74, 6) is 0. The van der Waals surface area contributed by atoms with Crippen molar-refractivity contribution in [1.29, 1.82) is 0 Å². The van der Waals surface area contributed by atoms with Crippen LogP contribution in [0.4, 0.5) is 4.79 Å². The first-order valence-corrected chi connectivity index (χ1v) is 6.20. The monoisotopic (exact) mass is 236 g/mol. The Morgan fingerprint density at radius 3 is 2.94 bits per heavy atom. The fourth-order valence-corrected chi connectivity index (χ4v) is 2.29. The van der Waals surface area contributed by atoms with Gasteiger partial charge in [0.25, 0.3) is 0 Å². The van der Waals surface area contributed by atoms with Crippen LogP contribution in [-0.2, 0) is 4.74 Å². The Kier molecular flexibility index (Phi) is 3.22. The van der Waals surface area contributed by atoms with E-state index in [-0.39, 0.29) is 12.1 Å². The van der Waals surface area contributed by atoms with Gasteiger partial charge in [-0.1, -0.05) is 0 Å². The Morgan fingerprint density at radius 2 is 2.24 bits per heavy atom. The summed E-state index contributed by atoms with van der Waals surface area (Å²) in [7, 11) is 0. The van der Waals surface area contributed by atoms with Crippen molar-refractivity contribution in [2.75, 3.05) is 0 Å². The quantitative estimate of drug-likeness (QED) is 0.761. The first kappa shape index (κ1) is 12.1. The van der Waals surface area contributed by atoms with Gasteiger partial charge in [-0.3, -0.25) is 4.99 Å². The van der Waals surface area contributed by atoms with Crippen LogP contribution < -0.4 is 5.32 Å². The van der Waals surface area contributed by atoms with Crippen molar-refractivity contribution in [3.63, 3.8) is 0 Å². The summed E-state index contributed by atoms with van der Waals surface area (Å²) in [6.45, 7) is 5.62. The van der Waals surface area contributed by atoms with Crippen molar-refractivity contribution in [3.05, 3.63) is 11.3 Å². The third kappa shape index (κ3) is 3.08. The second-order valence-electron chi connectivity index (χ2n) is 5.56. The van der Waals surface area contributed by atoms with Crippen LogP contribution in [0.15, 0.2) is 16.3 Å². The number of hydrogen-bond acceptors (Lipinski definition) is 3. The molecule has 4 nitrogen and oxygen atoms in total. The number of ether oxygens (including phenoxy) is 1. The van der Waals surface area contributed by atoms with Crippen LogP contribution in [0.2, 0.25) is 0 Å². The molecule has 1 amide bonds. The Bertz CT molecular complexity index is 377. The molecule has 17 heavy (non-hydrogen) atoms. The van der Waals surface area contributed by atoms with E-state index in [0.717, 1.165) is 31.4 Å². The van der Waals surface area contributed by atoms with E-state index in [1.807, 2.05) is 27.0 Å². The van der Waals surface area contributed by atoms with Gasteiger partial charge in [-0.25, -0.2) is 4.79 Å². The zero-order valence-corrected chi connectivity index (χ0v) is 10.7. The molecule has 0 fully saturated rings. The topological polar surface area (TPSA) is 50.7 Å². The number of carbonyl (C=O) groups is 1. The van der Waals surface area contributed by atoms with Crippen LogP contribution in [0.5, 0.6) is 0 Å². The van der Waals surface area contributed by atoms with E-state index < -0.39 is 5.60 Å². The number of aliphatic imine (C=N–C) groups is 1. The number of carbonyl (C=O) groups excluding carboxylic acids is 1. The van der Waals surface area contributed by atoms with Crippen LogP contribution in [-0.4, -0.2) is 24.0 Å². The van der Waals surface area contributed by atoms with Crippen LogP contribution in [0.25, 0.3) is 0 Å². The lowest BCUT2D eigenvalue weighted by atomic mass is 10.0. The number of rotatable bonds is 1. The summed E-state index contributed by atoms with van der Waals surface area (Å²) in [4.78, 5) is 16.1. The van der Waals surface area contributed by atoms with E-state index in [4.69, 9.17) is 4.74 Å². The fourth-order valence-electron chi connectivity index (χ4n) is 2.29. The highest BCUT2D eigenvalue weighted by Gasteiger charge is 2.29. The number of nitrogens with one attached hydrogen (secondary N) is 1. The normalized spacial score (nSPS) is 23.6. The smallest absolute Gasteiger partial charge is 0.408 e. The van der Waals surface area contributed by atoms with E-state index in [2.05, 4.69) is 10.3 Å². The van der Waals surface area contributed by atoms with Gasteiger partial charge in [0.05, 0.1) is 6.04 Å². The number of alkyl carbamates (subject to hydrolysis) is 1. The number of allylic oxidation sites excluding steroid dienone is 1. The minimum atomic E-state index is -0.440. The molecule has 2 aliphatic rings. The fraction of sp³-hybridized carbons (Fsp3) is 0.692. The lowest BCUT2D eigenvalue weighted by Crippen LogP contribution is -2.39. The Balaban J connectivity index is 1.94. The molecule has 0 spiro atoms. The van der Waals surface area contributed by atoms with Crippen molar-refractivity contribution in [3.8, 4) is 0 Å². The molecule has 1 aliphatic carbocycles. The second-order valence-corrected chi connectivity index (χ2v) is 5.56. The van der Waals surface area contributed by atoms with Crippen LogP contribution in [0, 0.1) is 0 Å². The molecule has 0 aromatic heterocycles. The third-order valence-electron chi connectivity index (χ3n) is 2.94. The van der Waals surface area contributed by atoms with Crippen molar-refractivity contribution < 1.29 is 9.53 Å². The Morgan fingerprint density at radius 1 is 1.47 bits per heavy atom. The summed E-state index contributed by atoms with van der Waals surface area (Å²) in [5, 5.41) is 2.94. The van der Waals surface area contributed by atoms with Crippen LogP contribution in [0.1, 0.15) is 46.5 Å². The summed E-state index contributed by atoms with van der Waals surface area (Å²) in [5.41, 5.74) is 2.01. The number of amides is 1. The van der Waals surface area contributed by atoms with Gasteiger partial charge in [0.15, 0.2) is 0 Å². The largest absolute Gasteiger partial charge is 0.444 e. The van der Waals surface area contributed by atoms with Gasteiger partial charge in [0.1, 0.15) is 5.60 Å². The molecule has 0 aromatic carbocycles. The van der Waals surface area contributed by atoms with E-state index in [1.165, 1.54) is 5.57 Å². The molecular weight excluding hydrogens is 216 g/mol. The molecular formula is C13H20N2O2. The maximum Gasteiger partial charge on any atom is 0.408 e. The number of hydrogen-bond donors (Lipinski definition) is 1. The summed E-state index contributed by atoms with van der Waals surface area (Å²) >= 11 is 0. The molecule has 1 N–H and O–H groups in total. The zero-order chi connectivity index (χ0) is 12.5. The van der Waals surface area contributed by atoms with E-state index in [9.17, 15) is 4.79 Å². The molecule has 0 saturated heterocycles. The Hall–Kier alpha value is -1.32. The van der Waals surface area contributed by atoms with Crippen molar-refractivity contribution in [2.24, 2.45) is 4.99 Å². The van der Waals surface area contributed by atoms with Gasteiger partial charge in [0, 0.05) is 11.9 Å². The molecule has 1 heterocycles. The second kappa shape index (κ2) is 4.51. The first-order chi connectivity index (χ1) is 7.96. The molecule has 0 radical (unpaired) electrons. The zero-order valence-electron chi connectivity index (χ0n) is 10.7. The summed E-state index contributed by atoms with van der Waals surface area (Å²) in [6, 6.07) is 0.122. The molecule has 1 aliphatic heterocycles. The predicted molar refractivity (Wildman–Crippen MR) is 67.1 cm³/mol. The average molecular weight is 236 g/mol. The van der Waals surface area contributed by atoms with E-state index in [1.54, 1.807) is 0 Å². The van der Waals surface area contributed by atoms with Gasteiger partial charge < -0.3 is 10.1 Å². The van der Waals surface area contributed by atoms with Gasteiger partial charge in [-0.15, -0.1) is 0 Å². The maximum atomic E-state index is 11.7. The van der Waals surface area contributed by atoms with Crippen LogP contribution in [0.3, 0.4) is 0 Å². The molecule has 0 saturated carbocycles. The summed E-state index contributed by atoms with van der Waals surface area (Å²) in [6.07, 6.45) is 5.54. The lowest BCUT2D eigenvalue weighted by Gasteiger charge is -2.23. The Labute approximate surface area is 102 Å². The minimum absolute atomic E-state index is 0.122. The summed E-state index contributed by atoms with van der Waals surface area (Å²) < 4.78 is 5.27.